The summed E-state index contributed by atoms with van der Waals surface area (Å²) in [4.78, 5) is 4.42. The molecule has 96 valence electrons. The molecule has 0 saturated carbocycles. The van der Waals surface area contributed by atoms with Crippen LogP contribution < -0.4 is 5.32 Å². The second kappa shape index (κ2) is 5.78. The van der Waals surface area contributed by atoms with Gasteiger partial charge >= 0.3 is 0 Å². The van der Waals surface area contributed by atoms with Crippen LogP contribution >= 0.6 is 22.9 Å². The van der Waals surface area contributed by atoms with E-state index in [1.807, 2.05) is 12.3 Å². The molecule has 2 nitrogen and oxygen atoms in total. The number of halogens is 2. The third-order valence-corrected chi connectivity index (χ3v) is 3.76. The quantitative estimate of drug-likeness (QED) is 0.914. The number of aromatic nitrogens is 1. The average molecular weight is 285 g/mol. The number of rotatable bonds is 4. The van der Waals surface area contributed by atoms with E-state index < -0.39 is 0 Å². The van der Waals surface area contributed by atoms with E-state index in [9.17, 15) is 4.39 Å². The highest BCUT2D eigenvalue weighted by molar-refractivity contribution is 7.09. The fraction of sp³-hybridized carbons (Fsp3) is 0.308. The van der Waals surface area contributed by atoms with Gasteiger partial charge < -0.3 is 5.32 Å². The molecule has 0 bridgehead atoms. The van der Waals surface area contributed by atoms with Crippen molar-refractivity contribution in [1.82, 2.24) is 10.3 Å². The number of nitrogens with one attached hydrogen (secondary N) is 1. The minimum Gasteiger partial charge on any atom is -0.305 e. The molecule has 2 aromatic rings. The smallest absolute Gasteiger partial charge is 0.141 e. The molecule has 1 unspecified atom stereocenters. The molecule has 1 N–H and O–H groups in total. The van der Waals surface area contributed by atoms with Gasteiger partial charge in [0, 0.05) is 18.0 Å². The Labute approximate surface area is 115 Å². The molecule has 1 aromatic heterocycles. The third kappa shape index (κ3) is 3.28. The van der Waals surface area contributed by atoms with Crippen LogP contribution in [0.1, 0.15) is 29.2 Å². The zero-order valence-corrected chi connectivity index (χ0v) is 11.8. The molecule has 0 saturated heterocycles. The normalized spacial score (nSPS) is 12.7. The fourth-order valence-corrected chi connectivity index (χ4v) is 2.51. The summed E-state index contributed by atoms with van der Waals surface area (Å²) in [5, 5.41) is 6.60. The molecule has 1 atom stereocenters. The fourth-order valence-electron chi connectivity index (χ4n) is 1.60. The summed E-state index contributed by atoms with van der Waals surface area (Å²) >= 11 is 7.37. The van der Waals surface area contributed by atoms with E-state index in [0.717, 1.165) is 16.3 Å². The molecule has 0 amide bonds. The van der Waals surface area contributed by atoms with Gasteiger partial charge in [-0.3, -0.25) is 0 Å². The molecule has 18 heavy (non-hydrogen) atoms. The summed E-state index contributed by atoms with van der Waals surface area (Å²) in [5.41, 5.74) is 1.99. The van der Waals surface area contributed by atoms with Gasteiger partial charge in [-0.1, -0.05) is 17.7 Å². The number of aryl methyl sites for hydroxylation is 1. The summed E-state index contributed by atoms with van der Waals surface area (Å²) in [7, 11) is 0. The maximum atomic E-state index is 13.0. The van der Waals surface area contributed by atoms with Gasteiger partial charge in [0.1, 0.15) is 5.82 Å². The van der Waals surface area contributed by atoms with Crippen molar-refractivity contribution in [1.29, 1.82) is 0 Å². The third-order valence-electron chi connectivity index (χ3n) is 2.68. The molecule has 0 aliphatic rings. The molecule has 0 spiro atoms. The van der Waals surface area contributed by atoms with Crippen LogP contribution in [0.2, 0.25) is 5.02 Å². The van der Waals surface area contributed by atoms with Gasteiger partial charge in [-0.05, 0) is 31.5 Å². The van der Waals surface area contributed by atoms with Gasteiger partial charge in [-0.25, -0.2) is 9.37 Å². The predicted octanol–water partition coefficient (Wildman–Crippen LogP) is 4.09. The number of benzene rings is 1. The second-order valence-corrected chi connectivity index (χ2v) is 5.61. The molecular formula is C13H14ClFN2S. The number of hydrogen-bond acceptors (Lipinski definition) is 3. The predicted molar refractivity (Wildman–Crippen MR) is 73.5 cm³/mol. The molecular weight excluding hydrogens is 271 g/mol. The van der Waals surface area contributed by atoms with Crippen molar-refractivity contribution in [2.24, 2.45) is 0 Å². The largest absolute Gasteiger partial charge is 0.305 e. The summed E-state index contributed by atoms with van der Waals surface area (Å²) in [6.07, 6.45) is 0. The molecule has 0 fully saturated rings. The molecule has 2 rings (SSSR count). The van der Waals surface area contributed by atoms with Crippen LogP contribution in [0, 0.1) is 12.7 Å². The second-order valence-electron chi connectivity index (χ2n) is 4.14. The van der Waals surface area contributed by atoms with Crippen LogP contribution in [0.5, 0.6) is 0 Å². The van der Waals surface area contributed by atoms with Crippen LogP contribution in [-0.2, 0) is 6.54 Å². The van der Waals surface area contributed by atoms with Crippen LogP contribution in [0.15, 0.2) is 23.6 Å². The molecule has 5 heteroatoms. The van der Waals surface area contributed by atoms with Gasteiger partial charge in [-0.15, -0.1) is 11.3 Å². The molecule has 0 radical (unpaired) electrons. The van der Waals surface area contributed by atoms with Crippen molar-refractivity contribution in [2.45, 2.75) is 26.4 Å². The lowest BCUT2D eigenvalue weighted by Crippen LogP contribution is -2.18. The highest BCUT2D eigenvalue weighted by atomic mass is 35.5. The summed E-state index contributed by atoms with van der Waals surface area (Å²) in [5.74, 6) is -0.386. The van der Waals surface area contributed by atoms with Crippen molar-refractivity contribution in [3.8, 4) is 0 Å². The summed E-state index contributed by atoms with van der Waals surface area (Å²) in [6.45, 7) is 4.68. The minimum atomic E-state index is -0.386. The van der Waals surface area contributed by atoms with Crippen molar-refractivity contribution in [3.05, 3.63) is 50.7 Å². The van der Waals surface area contributed by atoms with Gasteiger partial charge in [0.2, 0.25) is 0 Å². The van der Waals surface area contributed by atoms with E-state index in [-0.39, 0.29) is 16.9 Å². The Morgan fingerprint density at radius 3 is 2.89 bits per heavy atom. The van der Waals surface area contributed by atoms with Gasteiger partial charge in [0.05, 0.1) is 15.7 Å². The molecule has 0 aliphatic carbocycles. The lowest BCUT2D eigenvalue weighted by atomic mass is 10.2. The van der Waals surface area contributed by atoms with Crippen molar-refractivity contribution in [3.63, 3.8) is 0 Å². The van der Waals surface area contributed by atoms with Gasteiger partial charge in [-0.2, -0.15) is 0 Å². The van der Waals surface area contributed by atoms with E-state index in [4.69, 9.17) is 11.6 Å². The molecule has 0 aliphatic heterocycles. The Balaban J connectivity index is 1.97. The lowest BCUT2D eigenvalue weighted by Gasteiger charge is -2.11. The zero-order chi connectivity index (χ0) is 13.1. The monoisotopic (exact) mass is 284 g/mol. The van der Waals surface area contributed by atoms with Gasteiger partial charge in [0.15, 0.2) is 0 Å². The van der Waals surface area contributed by atoms with Crippen LogP contribution in [0.25, 0.3) is 0 Å². The molecule has 1 aromatic carbocycles. The SMILES string of the molecule is Cc1nc(C(C)NCc2ccc(F)c(Cl)c2)cs1. The van der Waals surface area contributed by atoms with Crippen LogP contribution in [-0.4, -0.2) is 4.98 Å². The first-order chi connectivity index (χ1) is 8.56. The Morgan fingerprint density at radius 1 is 1.50 bits per heavy atom. The van der Waals surface area contributed by atoms with E-state index in [1.165, 1.54) is 6.07 Å². The first kappa shape index (κ1) is 13.5. The van der Waals surface area contributed by atoms with Crippen molar-refractivity contribution in [2.75, 3.05) is 0 Å². The first-order valence-electron chi connectivity index (χ1n) is 5.65. The first-order valence-corrected chi connectivity index (χ1v) is 6.91. The Kier molecular flexibility index (Phi) is 4.32. The Bertz CT molecular complexity index is 542. The number of nitrogens with zero attached hydrogens (tertiary/aromatic N) is 1. The average Bonchev–Trinajstić information content (AvgIpc) is 2.77. The Morgan fingerprint density at radius 2 is 2.28 bits per heavy atom. The van der Waals surface area contributed by atoms with Crippen molar-refractivity contribution >= 4 is 22.9 Å². The standard InChI is InChI=1S/C13H14ClFN2S/c1-8(13-7-18-9(2)17-13)16-6-10-3-4-12(15)11(14)5-10/h3-5,7-8,16H,6H2,1-2H3. The Hall–Kier alpha value is -0.970. The van der Waals surface area contributed by atoms with Gasteiger partial charge in [0.25, 0.3) is 0 Å². The topological polar surface area (TPSA) is 24.9 Å². The van der Waals surface area contributed by atoms with E-state index in [2.05, 4.69) is 17.2 Å². The van der Waals surface area contributed by atoms with Crippen LogP contribution in [0.4, 0.5) is 4.39 Å². The van der Waals surface area contributed by atoms with E-state index >= 15 is 0 Å². The van der Waals surface area contributed by atoms with Crippen molar-refractivity contribution < 1.29 is 4.39 Å². The lowest BCUT2D eigenvalue weighted by molar-refractivity contribution is 0.562. The van der Waals surface area contributed by atoms with E-state index in [1.54, 1.807) is 23.5 Å². The number of hydrogen-bond donors (Lipinski definition) is 1. The summed E-state index contributed by atoms with van der Waals surface area (Å²) < 4.78 is 13.0. The maximum Gasteiger partial charge on any atom is 0.141 e. The highest BCUT2D eigenvalue weighted by Crippen LogP contribution is 2.18. The highest BCUT2D eigenvalue weighted by Gasteiger charge is 2.08. The maximum absolute atomic E-state index is 13.0. The van der Waals surface area contributed by atoms with Crippen LogP contribution in [0.3, 0.4) is 0 Å². The summed E-state index contributed by atoms with van der Waals surface area (Å²) in [6, 6.07) is 4.92. The van der Waals surface area contributed by atoms with E-state index in [0.29, 0.717) is 6.54 Å². The number of thiazole rings is 1. The minimum absolute atomic E-state index is 0.159. The molecule has 1 heterocycles. The zero-order valence-electron chi connectivity index (χ0n) is 10.2.